The maximum Gasteiger partial charge on any atom is 0.338 e. The minimum absolute atomic E-state index is 0.179. The Labute approximate surface area is 81.4 Å². The fourth-order valence-electron chi connectivity index (χ4n) is 1.35. The minimum atomic E-state index is -1.49. The fourth-order valence-corrected chi connectivity index (χ4v) is 1.35. The number of cyclic esters (lactones) is 1. The number of hydrogen-bond donors (Lipinski definition) is 2. The summed E-state index contributed by atoms with van der Waals surface area (Å²) in [7, 11) is 2.88. The summed E-state index contributed by atoms with van der Waals surface area (Å²) in [5, 5.41) is 18.6. The first kappa shape index (κ1) is 11.4. The normalized spacial score (nSPS) is 34.3. The zero-order chi connectivity index (χ0) is 10.7. The summed E-state index contributed by atoms with van der Waals surface area (Å²) in [6, 6.07) is 0. The average molecular weight is 206 g/mol. The van der Waals surface area contributed by atoms with E-state index in [1.165, 1.54) is 14.2 Å². The number of aliphatic hydroxyl groups is 2. The number of hydrogen-bond acceptors (Lipinski definition) is 6. The molecule has 0 aromatic rings. The molecule has 1 heterocycles. The van der Waals surface area contributed by atoms with Crippen molar-refractivity contribution in [2.45, 2.75) is 24.4 Å². The number of carbonyl (C=O) groups is 1. The van der Waals surface area contributed by atoms with Gasteiger partial charge in [0.15, 0.2) is 12.2 Å². The van der Waals surface area contributed by atoms with Crippen molar-refractivity contribution in [3.63, 3.8) is 0 Å². The van der Waals surface area contributed by atoms with Crippen LogP contribution in [0.15, 0.2) is 0 Å². The van der Waals surface area contributed by atoms with Gasteiger partial charge in [0.25, 0.3) is 0 Å². The molecule has 4 atom stereocenters. The molecule has 1 aliphatic rings. The standard InChI is InChI=1S/C8H14O6/c1-12-3-4(13-2)7-5(9)6(10)8(11)14-7/h4-7,9-10H,3H2,1-2H3/t4?,5?,6?,7-/m0/s1. The summed E-state index contributed by atoms with van der Waals surface area (Å²) in [6.45, 7) is 0.179. The molecule has 2 N–H and O–H groups in total. The Bertz CT molecular complexity index is 206. The van der Waals surface area contributed by atoms with E-state index >= 15 is 0 Å². The summed E-state index contributed by atoms with van der Waals surface area (Å²) >= 11 is 0. The van der Waals surface area contributed by atoms with Gasteiger partial charge in [-0.05, 0) is 0 Å². The van der Waals surface area contributed by atoms with Crippen LogP contribution in [0.5, 0.6) is 0 Å². The van der Waals surface area contributed by atoms with E-state index in [4.69, 9.17) is 19.3 Å². The van der Waals surface area contributed by atoms with Gasteiger partial charge in [-0.1, -0.05) is 0 Å². The molecule has 1 fully saturated rings. The second kappa shape index (κ2) is 4.70. The van der Waals surface area contributed by atoms with Crippen molar-refractivity contribution in [1.29, 1.82) is 0 Å². The lowest BCUT2D eigenvalue weighted by Crippen LogP contribution is -2.41. The molecular formula is C8H14O6. The van der Waals surface area contributed by atoms with Crippen LogP contribution in [-0.2, 0) is 19.0 Å². The van der Waals surface area contributed by atoms with Crippen molar-refractivity contribution in [2.75, 3.05) is 20.8 Å². The van der Waals surface area contributed by atoms with Crippen LogP contribution in [0.3, 0.4) is 0 Å². The number of aliphatic hydroxyl groups excluding tert-OH is 2. The lowest BCUT2D eigenvalue weighted by molar-refractivity contribution is -0.153. The van der Waals surface area contributed by atoms with Crippen LogP contribution in [-0.4, -0.2) is 61.4 Å². The van der Waals surface area contributed by atoms with Crippen LogP contribution < -0.4 is 0 Å². The monoisotopic (exact) mass is 206 g/mol. The van der Waals surface area contributed by atoms with Crippen LogP contribution >= 0.6 is 0 Å². The van der Waals surface area contributed by atoms with Crippen LogP contribution in [0.4, 0.5) is 0 Å². The minimum Gasteiger partial charge on any atom is -0.455 e. The average Bonchev–Trinajstić information content (AvgIpc) is 2.42. The van der Waals surface area contributed by atoms with Gasteiger partial charge in [-0.3, -0.25) is 0 Å². The van der Waals surface area contributed by atoms with Crippen molar-refractivity contribution in [1.82, 2.24) is 0 Å². The van der Waals surface area contributed by atoms with Crippen molar-refractivity contribution in [3.05, 3.63) is 0 Å². The predicted molar refractivity (Wildman–Crippen MR) is 44.6 cm³/mol. The van der Waals surface area contributed by atoms with Crippen LogP contribution in [0, 0.1) is 0 Å². The van der Waals surface area contributed by atoms with Gasteiger partial charge in [0.1, 0.15) is 12.2 Å². The number of methoxy groups -OCH3 is 2. The highest BCUT2D eigenvalue weighted by molar-refractivity contribution is 5.77. The number of ether oxygens (including phenoxy) is 3. The molecule has 0 spiro atoms. The van der Waals surface area contributed by atoms with E-state index in [2.05, 4.69) is 0 Å². The molecule has 0 radical (unpaired) electrons. The fraction of sp³-hybridized carbons (Fsp3) is 0.875. The maximum absolute atomic E-state index is 10.9. The van der Waals surface area contributed by atoms with Gasteiger partial charge in [-0.2, -0.15) is 0 Å². The molecular weight excluding hydrogens is 192 g/mol. The Morgan fingerprint density at radius 1 is 1.50 bits per heavy atom. The number of esters is 1. The van der Waals surface area contributed by atoms with Gasteiger partial charge in [0, 0.05) is 14.2 Å². The Hall–Kier alpha value is -0.690. The molecule has 1 rings (SSSR count). The second-order valence-corrected chi connectivity index (χ2v) is 3.07. The number of carbonyl (C=O) groups excluding carboxylic acids is 1. The van der Waals surface area contributed by atoms with E-state index in [9.17, 15) is 9.90 Å². The first-order valence-electron chi connectivity index (χ1n) is 4.20. The first-order chi connectivity index (χ1) is 6.61. The molecule has 1 aliphatic heterocycles. The predicted octanol–water partition coefficient (Wildman–Crippen LogP) is -1.70. The quantitative estimate of drug-likeness (QED) is 0.533. The van der Waals surface area contributed by atoms with Crippen LogP contribution in [0.2, 0.25) is 0 Å². The zero-order valence-corrected chi connectivity index (χ0v) is 8.04. The van der Waals surface area contributed by atoms with E-state index in [1.54, 1.807) is 0 Å². The van der Waals surface area contributed by atoms with Crippen LogP contribution in [0.25, 0.3) is 0 Å². The second-order valence-electron chi connectivity index (χ2n) is 3.07. The summed E-state index contributed by atoms with van der Waals surface area (Å²) in [4.78, 5) is 10.9. The van der Waals surface area contributed by atoms with Crippen molar-refractivity contribution in [2.24, 2.45) is 0 Å². The molecule has 3 unspecified atom stereocenters. The third-order valence-electron chi connectivity index (χ3n) is 2.15. The largest absolute Gasteiger partial charge is 0.455 e. The molecule has 0 aromatic heterocycles. The lowest BCUT2D eigenvalue weighted by atomic mass is 10.1. The molecule has 14 heavy (non-hydrogen) atoms. The van der Waals surface area contributed by atoms with E-state index < -0.39 is 30.4 Å². The van der Waals surface area contributed by atoms with E-state index in [0.29, 0.717) is 0 Å². The molecule has 0 amide bonds. The molecule has 1 saturated heterocycles. The maximum atomic E-state index is 10.9. The van der Waals surface area contributed by atoms with Gasteiger partial charge >= 0.3 is 5.97 Å². The third-order valence-corrected chi connectivity index (χ3v) is 2.15. The topological polar surface area (TPSA) is 85.2 Å². The summed E-state index contributed by atoms with van der Waals surface area (Å²) in [5.74, 6) is -0.833. The highest BCUT2D eigenvalue weighted by Gasteiger charge is 2.46. The van der Waals surface area contributed by atoms with E-state index in [0.717, 1.165) is 0 Å². The number of rotatable bonds is 4. The molecule has 0 bridgehead atoms. The lowest BCUT2D eigenvalue weighted by Gasteiger charge is -2.22. The van der Waals surface area contributed by atoms with Crippen LogP contribution in [0.1, 0.15) is 0 Å². The molecule has 82 valence electrons. The summed E-state index contributed by atoms with van der Waals surface area (Å²) in [5.41, 5.74) is 0. The Kier molecular flexibility index (Phi) is 3.82. The zero-order valence-electron chi connectivity index (χ0n) is 8.04. The molecule has 6 nitrogen and oxygen atoms in total. The molecule has 0 aliphatic carbocycles. The van der Waals surface area contributed by atoms with Gasteiger partial charge in [-0.25, -0.2) is 4.79 Å². The van der Waals surface area contributed by atoms with E-state index in [-0.39, 0.29) is 6.61 Å². The van der Waals surface area contributed by atoms with Crippen molar-refractivity contribution in [3.8, 4) is 0 Å². The van der Waals surface area contributed by atoms with Gasteiger partial charge in [0.05, 0.1) is 6.61 Å². The van der Waals surface area contributed by atoms with E-state index in [1.807, 2.05) is 0 Å². The highest BCUT2D eigenvalue weighted by Crippen LogP contribution is 2.20. The van der Waals surface area contributed by atoms with Gasteiger partial charge in [0.2, 0.25) is 0 Å². The smallest absolute Gasteiger partial charge is 0.338 e. The Morgan fingerprint density at radius 2 is 2.14 bits per heavy atom. The SMILES string of the molecule is COCC(OC)[C@@H]1OC(=O)C(O)C1O. The Balaban J connectivity index is 2.63. The third kappa shape index (κ3) is 2.03. The Morgan fingerprint density at radius 3 is 2.50 bits per heavy atom. The molecule has 0 aromatic carbocycles. The molecule has 0 saturated carbocycles. The highest BCUT2D eigenvalue weighted by atomic mass is 16.6. The first-order valence-corrected chi connectivity index (χ1v) is 4.20. The van der Waals surface area contributed by atoms with Gasteiger partial charge < -0.3 is 24.4 Å². The summed E-state index contributed by atoms with van der Waals surface area (Å²) < 4.78 is 14.5. The van der Waals surface area contributed by atoms with Gasteiger partial charge in [-0.15, -0.1) is 0 Å². The van der Waals surface area contributed by atoms with Crippen molar-refractivity contribution < 1.29 is 29.2 Å². The molecule has 6 heteroatoms. The summed E-state index contributed by atoms with van der Waals surface area (Å²) in [6.07, 6.45) is -4.20. The van der Waals surface area contributed by atoms with Crippen molar-refractivity contribution >= 4 is 5.97 Å².